The first-order valence-electron chi connectivity index (χ1n) is 7.30. The highest BCUT2D eigenvalue weighted by atomic mass is 16.1. The second kappa shape index (κ2) is 7.30. The van der Waals surface area contributed by atoms with Gasteiger partial charge in [0, 0.05) is 12.6 Å². The molecule has 1 aliphatic rings. The summed E-state index contributed by atoms with van der Waals surface area (Å²) in [7, 11) is 0. The molecule has 18 heavy (non-hydrogen) atoms. The van der Waals surface area contributed by atoms with Crippen molar-refractivity contribution < 1.29 is 4.79 Å². The largest absolute Gasteiger partial charge is 0.292 e. The van der Waals surface area contributed by atoms with E-state index < -0.39 is 0 Å². The number of Topliss-reactive ketones (excluding diaryl/α,β-unsaturated/α-hetero) is 1. The summed E-state index contributed by atoms with van der Waals surface area (Å²) in [5.41, 5.74) is 0.621. The molecule has 1 aromatic rings. The fraction of sp³-hybridized carbons (Fsp3) is 0.625. The lowest BCUT2D eigenvalue weighted by Crippen LogP contribution is -2.06. The average molecular weight is 245 g/mol. The van der Waals surface area contributed by atoms with Crippen LogP contribution in [-0.4, -0.2) is 10.8 Å². The van der Waals surface area contributed by atoms with Crippen molar-refractivity contribution in [2.75, 3.05) is 0 Å². The van der Waals surface area contributed by atoms with Gasteiger partial charge in [0.15, 0.2) is 5.78 Å². The van der Waals surface area contributed by atoms with E-state index >= 15 is 0 Å². The van der Waals surface area contributed by atoms with Crippen molar-refractivity contribution in [2.24, 2.45) is 5.92 Å². The molecule has 0 N–H and O–H groups in total. The predicted octanol–water partition coefficient (Wildman–Crippen LogP) is 4.41. The molecule has 0 unspecified atom stereocenters. The lowest BCUT2D eigenvalue weighted by Gasteiger charge is -2.21. The highest BCUT2D eigenvalue weighted by molar-refractivity contribution is 5.94. The van der Waals surface area contributed by atoms with Gasteiger partial charge in [-0.2, -0.15) is 0 Å². The number of hydrogen-bond acceptors (Lipinski definition) is 2. The second-order valence-corrected chi connectivity index (χ2v) is 5.39. The number of carbonyl (C=O) groups excluding carboxylic acids is 1. The molecule has 0 radical (unpaired) electrons. The SMILES string of the molecule is O=C(CCCCC1CCCCC1)c1ccccn1. The summed E-state index contributed by atoms with van der Waals surface area (Å²) in [4.78, 5) is 15.9. The van der Waals surface area contributed by atoms with Gasteiger partial charge in [0.1, 0.15) is 5.69 Å². The zero-order chi connectivity index (χ0) is 12.6. The highest BCUT2D eigenvalue weighted by Gasteiger charge is 2.13. The Morgan fingerprint density at radius 3 is 2.72 bits per heavy atom. The van der Waals surface area contributed by atoms with E-state index in [0.29, 0.717) is 12.1 Å². The van der Waals surface area contributed by atoms with Crippen molar-refractivity contribution in [3.63, 3.8) is 0 Å². The normalized spacial score (nSPS) is 16.7. The van der Waals surface area contributed by atoms with Gasteiger partial charge in [-0.05, 0) is 24.5 Å². The van der Waals surface area contributed by atoms with Crippen LogP contribution >= 0.6 is 0 Å². The molecule has 1 fully saturated rings. The monoisotopic (exact) mass is 245 g/mol. The first kappa shape index (κ1) is 13.3. The minimum absolute atomic E-state index is 0.194. The van der Waals surface area contributed by atoms with Crippen LogP contribution in [0.5, 0.6) is 0 Å². The van der Waals surface area contributed by atoms with Crippen molar-refractivity contribution in [3.8, 4) is 0 Å². The quantitative estimate of drug-likeness (QED) is 0.549. The maximum absolute atomic E-state index is 11.8. The van der Waals surface area contributed by atoms with E-state index in [9.17, 15) is 4.79 Å². The zero-order valence-corrected chi connectivity index (χ0v) is 11.1. The van der Waals surface area contributed by atoms with Gasteiger partial charge >= 0.3 is 0 Å². The third-order valence-electron chi connectivity index (χ3n) is 3.94. The first-order valence-corrected chi connectivity index (χ1v) is 7.30. The van der Waals surface area contributed by atoms with E-state index in [4.69, 9.17) is 0 Å². The van der Waals surface area contributed by atoms with Crippen LogP contribution in [0.25, 0.3) is 0 Å². The van der Waals surface area contributed by atoms with Crippen LogP contribution in [-0.2, 0) is 0 Å². The standard InChI is InChI=1S/C16H23NO/c18-16(15-11-6-7-13-17-15)12-5-4-10-14-8-2-1-3-9-14/h6-7,11,13-14H,1-5,8-10,12H2. The first-order chi connectivity index (χ1) is 8.86. The summed E-state index contributed by atoms with van der Waals surface area (Å²) in [6.07, 6.45) is 13.0. The lowest BCUT2D eigenvalue weighted by molar-refractivity contribution is 0.0973. The minimum atomic E-state index is 0.194. The highest BCUT2D eigenvalue weighted by Crippen LogP contribution is 2.27. The number of pyridine rings is 1. The molecule has 1 aliphatic carbocycles. The third kappa shape index (κ3) is 4.25. The van der Waals surface area contributed by atoms with Crippen molar-refractivity contribution in [1.29, 1.82) is 0 Å². The van der Waals surface area contributed by atoms with Crippen LogP contribution in [0.1, 0.15) is 68.3 Å². The van der Waals surface area contributed by atoms with Crippen LogP contribution in [0, 0.1) is 5.92 Å². The Hall–Kier alpha value is -1.18. The average Bonchev–Trinajstić information content (AvgIpc) is 2.45. The molecule has 2 nitrogen and oxygen atoms in total. The van der Waals surface area contributed by atoms with Crippen molar-refractivity contribution in [1.82, 2.24) is 4.98 Å². The van der Waals surface area contributed by atoms with E-state index in [1.54, 1.807) is 6.20 Å². The van der Waals surface area contributed by atoms with E-state index in [-0.39, 0.29) is 5.78 Å². The van der Waals surface area contributed by atoms with Gasteiger partial charge in [-0.3, -0.25) is 9.78 Å². The lowest BCUT2D eigenvalue weighted by atomic mass is 9.85. The Morgan fingerprint density at radius 1 is 1.17 bits per heavy atom. The van der Waals surface area contributed by atoms with Gasteiger partial charge in [-0.15, -0.1) is 0 Å². The molecule has 0 aliphatic heterocycles. The minimum Gasteiger partial charge on any atom is -0.292 e. The molecule has 98 valence electrons. The van der Waals surface area contributed by atoms with Gasteiger partial charge in [0.2, 0.25) is 0 Å². The van der Waals surface area contributed by atoms with Crippen LogP contribution in [0.15, 0.2) is 24.4 Å². The Bertz CT molecular complexity index is 355. The van der Waals surface area contributed by atoms with Crippen molar-refractivity contribution in [2.45, 2.75) is 57.8 Å². The van der Waals surface area contributed by atoms with E-state index in [2.05, 4.69) is 4.98 Å². The van der Waals surface area contributed by atoms with Crippen molar-refractivity contribution in [3.05, 3.63) is 30.1 Å². The number of hydrogen-bond donors (Lipinski definition) is 0. The van der Waals surface area contributed by atoms with Gasteiger partial charge in [0.25, 0.3) is 0 Å². The molecule has 1 aromatic heterocycles. The van der Waals surface area contributed by atoms with Gasteiger partial charge in [0.05, 0.1) is 0 Å². The van der Waals surface area contributed by atoms with E-state index in [1.807, 2.05) is 18.2 Å². The molecule has 0 aromatic carbocycles. The van der Waals surface area contributed by atoms with Crippen LogP contribution < -0.4 is 0 Å². The molecule has 0 saturated heterocycles. The summed E-state index contributed by atoms with van der Waals surface area (Å²) in [5, 5.41) is 0. The molecule has 0 amide bonds. The Morgan fingerprint density at radius 2 is 2.00 bits per heavy atom. The zero-order valence-electron chi connectivity index (χ0n) is 11.1. The molecule has 2 heteroatoms. The number of ketones is 1. The second-order valence-electron chi connectivity index (χ2n) is 5.39. The molecule has 1 saturated carbocycles. The van der Waals surface area contributed by atoms with E-state index in [1.165, 1.54) is 44.9 Å². The summed E-state index contributed by atoms with van der Waals surface area (Å²) < 4.78 is 0. The number of carbonyl (C=O) groups is 1. The predicted molar refractivity (Wildman–Crippen MR) is 73.6 cm³/mol. The van der Waals surface area contributed by atoms with Crippen LogP contribution in [0.4, 0.5) is 0 Å². The third-order valence-corrected chi connectivity index (χ3v) is 3.94. The number of unbranched alkanes of at least 4 members (excludes halogenated alkanes) is 1. The fourth-order valence-corrected chi connectivity index (χ4v) is 2.85. The van der Waals surface area contributed by atoms with Gasteiger partial charge < -0.3 is 0 Å². The van der Waals surface area contributed by atoms with Crippen molar-refractivity contribution >= 4 is 5.78 Å². The summed E-state index contributed by atoms with van der Waals surface area (Å²) in [6.45, 7) is 0. The summed E-state index contributed by atoms with van der Waals surface area (Å²) in [6, 6.07) is 5.53. The Labute approximate surface area is 110 Å². The Balaban J connectivity index is 1.62. The molecular weight excluding hydrogens is 222 g/mol. The maximum Gasteiger partial charge on any atom is 0.181 e. The Kier molecular flexibility index (Phi) is 5.37. The van der Waals surface area contributed by atoms with Gasteiger partial charge in [-0.25, -0.2) is 0 Å². The fourth-order valence-electron chi connectivity index (χ4n) is 2.85. The number of rotatable bonds is 6. The topological polar surface area (TPSA) is 30.0 Å². The molecule has 0 atom stereocenters. The molecular formula is C16H23NO. The summed E-state index contributed by atoms with van der Waals surface area (Å²) in [5.74, 6) is 1.13. The molecule has 1 heterocycles. The molecule has 2 rings (SSSR count). The van der Waals surface area contributed by atoms with Crippen LogP contribution in [0.2, 0.25) is 0 Å². The van der Waals surface area contributed by atoms with E-state index in [0.717, 1.165) is 12.3 Å². The van der Waals surface area contributed by atoms with Crippen LogP contribution in [0.3, 0.4) is 0 Å². The smallest absolute Gasteiger partial charge is 0.181 e. The summed E-state index contributed by atoms with van der Waals surface area (Å²) >= 11 is 0. The van der Waals surface area contributed by atoms with Gasteiger partial charge in [-0.1, -0.05) is 51.0 Å². The molecule has 0 bridgehead atoms. The molecule has 0 spiro atoms. The number of nitrogens with zero attached hydrogens (tertiary/aromatic N) is 1. The number of aromatic nitrogens is 1. The maximum atomic E-state index is 11.8.